The molecule has 1 N–H and O–H groups in total. The third-order valence-electron chi connectivity index (χ3n) is 4.31. The van der Waals surface area contributed by atoms with E-state index in [1.165, 1.54) is 0 Å². The summed E-state index contributed by atoms with van der Waals surface area (Å²) >= 11 is 0. The van der Waals surface area contributed by atoms with Crippen molar-refractivity contribution in [2.45, 2.75) is 12.3 Å². The Labute approximate surface area is 145 Å². The van der Waals surface area contributed by atoms with Gasteiger partial charge in [-0.25, -0.2) is 4.68 Å². The zero-order chi connectivity index (χ0) is 17.1. The Balaban J connectivity index is 1.87. The maximum Gasteiger partial charge on any atom is 0.157 e. The predicted molar refractivity (Wildman–Crippen MR) is 94.8 cm³/mol. The van der Waals surface area contributed by atoms with E-state index in [4.69, 9.17) is 0 Å². The van der Waals surface area contributed by atoms with Crippen molar-refractivity contribution < 1.29 is 5.11 Å². The number of hydrogen-bond acceptors (Lipinski definition) is 3. The molecule has 0 spiro atoms. The first-order valence-corrected chi connectivity index (χ1v) is 8.11. The largest absolute Gasteiger partial charge is 0.374 e. The lowest BCUT2D eigenvalue weighted by molar-refractivity contribution is 0.113. The molecule has 2 aromatic heterocycles. The van der Waals surface area contributed by atoms with Crippen LogP contribution in [0.25, 0.3) is 0 Å². The van der Waals surface area contributed by atoms with E-state index >= 15 is 0 Å². The number of benzene rings is 2. The van der Waals surface area contributed by atoms with Gasteiger partial charge in [0.25, 0.3) is 0 Å². The van der Waals surface area contributed by atoms with Crippen LogP contribution in [-0.2, 0) is 12.3 Å². The van der Waals surface area contributed by atoms with Gasteiger partial charge in [-0.15, -0.1) is 0 Å². The highest BCUT2D eigenvalue weighted by atomic mass is 16.3. The molecule has 0 aliphatic heterocycles. The standard InChI is InChI=1S/C20H18N4O/c25-20(17-8-3-1-4-9-17,18-10-5-2-6-11-18)19-12-14-22-24(19)16-23-15-7-13-21-23/h1-15,25H,16H2. The van der Waals surface area contributed by atoms with Crippen molar-refractivity contribution in [2.75, 3.05) is 0 Å². The van der Waals surface area contributed by atoms with Gasteiger partial charge in [-0.1, -0.05) is 60.7 Å². The van der Waals surface area contributed by atoms with Crippen LogP contribution < -0.4 is 0 Å². The predicted octanol–water partition coefficient (Wildman–Crippen LogP) is 2.87. The molecule has 0 radical (unpaired) electrons. The van der Waals surface area contributed by atoms with Crippen LogP contribution in [0.2, 0.25) is 0 Å². The fourth-order valence-electron chi connectivity index (χ4n) is 3.10. The molecule has 0 saturated heterocycles. The van der Waals surface area contributed by atoms with Gasteiger partial charge in [0.1, 0.15) is 6.67 Å². The summed E-state index contributed by atoms with van der Waals surface area (Å²) in [5, 5.41) is 20.5. The Morgan fingerprint density at radius 1 is 0.760 bits per heavy atom. The molecule has 124 valence electrons. The van der Waals surface area contributed by atoms with Crippen molar-refractivity contribution >= 4 is 0 Å². The zero-order valence-corrected chi connectivity index (χ0v) is 13.6. The van der Waals surface area contributed by atoms with Crippen LogP contribution in [0.3, 0.4) is 0 Å². The fourth-order valence-corrected chi connectivity index (χ4v) is 3.10. The normalized spacial score (nSPS) is 11.6. The Morgan fingerprint density at radius 3 is 1.96 bits per heavy atom. The minimum absolute atomic E-state index is 0.428. The van der Waals surface area contributed by atoms with Gasteiger partial charge in [0.15, 0.2) is 5.60 Å². The maximum atomic E-state index is 11.8. The summed E-state index contributed by atoms with van der Waals surface area (Å²) in [5.74, 6) is 0. The van der Waals surface area contributed by atoms with Gasteiger partial charge >= 0.3 is 0 Å². The Kier molecular flexibility index (Phi) is 3.91. The van der Waals surface area contributed by atoms with E-state index in [9.17, 15) is 5.11 Å². The molecule has 0 fully saturated rings. The molecule has 0 aliphatic carbocycles. The third kappa shape index (κ3) is 2.75. The highest BCUT2D eigenvalue weighted by Crippen LogP contribution is 2.36. The van der Waals surface area contributed by atoms with Gasteiger partial charge < -0.3 is 5.11 Å². The molecule has 0 unspecified atom stereocenters. The van der Waals surface area contributed by atoms with Gasteiger partial charge in [-0.2, -0.15) is 10.2 Å². The average Bonchev–Trinajstić information content (AvgIpc) is 3.35. The number of aliphatic hydroxyl groups is 1. The molecule has 0 amide bonds. The van der Waals surface area contributed by atoms with Crippen molar-refractivity contribution in [3.05, 3.63) is 108 Å². The van der Waals surface area contributed by atoms with Crippen LogP contribution in [0.4, 0.5) is 0 Å². The summed E-state index contributed by atoms with van der Waals surface area (Å²) in [5.41, 5.74) is 0.985. The van der Waals surface area contributed by atoms with E-state index in [-0.39, 0.29) is 0 Å². The van der Waals surface area contributed by atoms with Gasteiger partial charge in [0, 0.05) is 18.6 Å². The topological polar surface area (TPSA) is 55.9 Å². The molecule has 4 aromatic rings. The molecule has 0 atom stereocenters. The van der Waals surface area contributed by atoms with Crippen LogP contribution >= 0.6 is 0 Å². The van der Waals surface area contributed by atoms with E-state index in [1.54, 1.807) is 21.8 Å². The van der Waals surface area contributed by atoms with Gasteiger partial charge in [0.05, 0.1) is 5.69 Å². The van der Waals surface area contributed by atoms with E-state index < -0.39 is 5.60 Å². The molecule has 5 nitrogen and oxygen atoms in total. The number of nitrogens with zero attached hydrogens (tertiary/aromatic N) is 4. The van der Waals surface area contributed by atoms with E-state index in [0.717, 1.165) is 11.1 Å². The molecule has 2 aromatic carbocycles. The highest BCUT2D eigenvalue weighted by molar-refractivity contribution is 5.44. The lowest BCUT2D eigenvalue weighted by atomic mass is 9.83. The van der Waals surface area contributed by atoms with Crippen molar-refractivity contribution in [3.63, 3.8) is 0 Å². The summed E-state index contributed by atoms with van der Waals surface area (Å²) in [6.45, 7) is 0.428. The number of rotatable bonds is 5. The van der Waals surface area contributed by atoms with Crippen LogP contribution in [0, 0.1) is 0 Å². The van der Waals surface area contributed by atoms with Gasteiger partial charge in [-0.3, -0.25) is 4.68 Å². The van der Waals surface area contributed by atoms with Crippen LogP contribution in [0.5, 0.6) is 0 Å². The maximum absolute atomic E-state index is 11.8. The summed E-state index contributed by atoms with van der Waals surface area (Å²) < 4.78 is 3.54. The molecule has 0 saturated carbocycles. The first-order valence-electron chi connectivity index (χ1n) is 8.11. The molecule has 0 aliphatic rings. The summed E-state index contributed by atoms with van der Waals surface area (Å²) in [7, 11) is 0. The molecule has 25 heavy (non-hydrogen) atoms. The van der Waals surface area contributed by atoms with Crippen LogP contribution in [0.15, 0.2) is 91.4 Å². The second-order valence-electron chi connectivity index (χ2n) is 5.85. The van der Waals surface area contributed by atoms with E-state index in [2.05, 4.69) is 10.2 Å². The molecular formula is C20H18N4O. The third-order valence-corrected chi connectivity index (χ3v) is 4.31. The average molecular weight is 330 g/mol. The first-order chi connectivity index (χ1) is 12.3. The Morgan fingerprint density at radius 2 is 1.40 bits per heavy atom. The Bertz CT molecular complexity index is 891. The lowest BCUT2D eigenvalue weighted by Crippen LogP contribution is -2.32. The van der Waals surface area contributed by atoms with Crippen LogP contribution in [0.1, 0.15) is 16.8 Å². The first kappa shape index (κ1) is 15.4. The second-order valence-corrected chi connectivity index (χ2v) is 5.85. The summed E-state index contributed by atoms with van der Waals surface area (Å²) in [6, 6.07) is 23.0. The quantitative estimate of drug-likeness (QED) is 0.612. The second kappa shape index (κ2) is 6.37. The van der Waals surface area contributed by atoms with Crippen molar-refractivity contribution in [1.82, 2.24) is 19.6 Å². The monoisotopic (exact) mass is 330 g/mol. The molecule has 4 rings (SSSR count). The van der Waals surface area contributed by atoms with E-state index in [0.29, 0.717) is 12.4 Å². The smallest absolute Gasteiger partial charge is 0.157 e. The van der Waals surface area contributed by atoms with Crippen molar-refractivity contribution in [1.29, 1.82) is 0 Å². The summed E-state index contributed by atoms with van der Waals surface area (Å²) in [6.07, 6.45) is 5.30. The minimum Gasteiger partial charge on any atom is -0.374 e. The Hall–Kier alpha value is -3.18. The van der Waals surface area contributed by atoms with Crippen molar-refractivity contribution in [3.8, 4) is 0 Å². The number of hydrogen-bond donors (Lipinski definition) is 1. The molecule has 5 heteroatoms. The lowest BCUT2D eigenvalue weighted by Gasteiger charge is -2.30. The van der Waals surface area contributed by atoms with Gasteiger partial charge in [0.2, 0.25) is 0 Å². The highest BCUT2D eigenvalue weighted by Gasteiger charge is 2.36. The summed E-state index contributed by atoms with van der Waals surface area (Å²) in [4.78, 5) is 0. The number of aromatic nitrogens is 4. The fraction of sp³-hybridized carbons (Fsp3) is 0.100. The van der Waals surface area contributed by atoms with E-state index in [1.807, 2.05) is 79.0 Å². The zero-order valence-electron chi connectivity index (χ0n) is 13.6. The molecular weight excluding hydrogens is 312 g/mol. The molecule has 2 heterocycles. The SMILES string of the molecule is OC(c1ccccc1)(c1ccccc1)c1ccnn1Cn1cccn1. The van der Waals surface area contributed by atoms with Crippen molar-refractivity contribution in [2.24, 2.45) is 0 Å². The minimum atomic E-state index is -1.30. The molecule has 0 bridgehead atoms. The van der Waals surface area contributed by atoms with Crippen LogP contribution in [-0.4, -0.2) is 24.7 Å². The van der Waals surface area contributed by atoms with Gasteiger partial charge in [-0.05, 0) is 23.3 Å².